The number of methoxy groups -OCH3 is 1. The van der Waals surface area contributed by atoms with Gasteiger partial charge in [0.2, 0.25) is 0 Å². The number of aliphatic hydroxyl groups excluding tert-OH is 1. The highest BCUT2D eigenvalue weighted by atomic mass is 16.5. The van der Waals surface area contributed by atoms with Crippen LogP contribution in [0.3, 0.4) is 0 Å². The van der Waals surface area contributed by atoms with Gasteiger partial charge in [0.1, 0.15) is 5.75 Å². The summed E-state index contributed by atoms with van der Waals surface area (Å²) >= 11 is 0. The number of benzene rings is 1. The van der Waals surface area contributed by atoms with Crippen molar-refractivity contribution >= 4 is 0 Å². The van der Waals surface area contributed by atoms with Crippen LogP contribution in [0.4, 0.5) is 0 Å². The summed E-state index contributed by atoms with van der Waals surface area (Å²) in [5.74, 6) is 0.753. The molecule has 2 unspecified atom stereocenters. The Balaban J connectivity index is 2.17. The lowest BCUT2D eigenvalue weighted by Gasteiger charge is -2.19. The van der Waals surface area contributed by atoms with E-state index in [1.165, 1.54) is 0 Å². The molecule has 4 heteroatoms. The van der Waals surface area contributed by atoms with Crippen molar-refractivity contribution in [2.45, 2.75) is 12.1 Å². The average Bonchev–Trinajstić information content (AvgIpc) is 2.47. The van der Waals surface area contributed by atoms with E-state index in [0.29, 0.717) is 0 Å². The highest BCUT2D eigenvalue weighted by molar-refractivity contribution is 5.30. The van der Waals surface area contributed by atoms with Gasteiger partial charge in [-0.1, -0.05) is 12.1 Å². The fourth-order valence-electron chi connectivity index (χ4n) is 1.78. The number of nitrogens with zero attached hydrogens (tertiary/aromatic N) is 1. The fourth-order valence-corrected chi connectivity index (χ4v) is 1.78. The molecule has 3 N–H and O–H groups in total. The molecule has 1 heterocycles. The number of hydrogen-bond donors (Lipinski definition) is 2. The van der Waals surface area contributed by atoms with Crippen molar-refractivity contribution in [2.75, 3.05) is 7.11 Å². The molecule has 1 aromatic heterocycles. The SMILES string of the molecule is COc1ccc(C(O)C(N)c2ccncc2)cc1. The first-order valence-electron chi connectivity index (χ1n) is 5.70. The predicted molar refractivity (Wildman–Crippen MR) is 69.1 cm³/mol. The van der Waals surface area contributed by atoms with Crippen molar-refractivity contribution in [3.05, 3.63) is 59.9 Å². The van der Waals surface area contributed by atoms with Crippen LogP contribution in [-0.4, -0.2) is 17.2 Å². The molecule has 0 aliphatic rings. The first kappa shape index (κ1) is 12.5. The molecule has 2 atom stereocenters. The molecule has 0 aliphatic heterocycles. The zero-order chi connectivity index (χ0) is 13.0. The summed E-state index contributed by atoms with van der Waals surface area (Å²) in [4.78, 5) is 3.93. The maximum absolute atomic E-state index is 10.2. The van der Waals surface area contributed by atoms with Crippen molar-refractivity contribution in [1.29, 1.82) is 0 Å². The van der Waals surface area contributed by atoms with Crippen LogP contribution in [0.15, 0.2) is 48.8 Å². The molecule has 0 spiro atoms. The molecular weight excluding hydrogens is 228 g/mol. The summed E-state index contributed by atoms with van der Waals surface area (Å²) in [6.07, 6.45) is 2.57. The molecule has 18 heavy (non-hydrogen) atoms. The zero-order valence-electron chi connectivity index (χ0n) is 10.2. The van der Waals surface area contributed by atoms with E-state index >= 15 is 0 Å². The van der Waals surface area contributed by atoms with E-state index in [9.17, 15) is 5.11 Å². The van der Waals surface area contributed by atoms with E-state index in [0.717, 1.165) is 16.9 Å². The van der Waals surface area contributed by atoms with Crippen LogP contribution in [0.2, 0.25) is 0 Å². The van der Waals surface area contributed by atoms with Gasteiger partial charge in [0, 0.05) is 12.4 Å². The second-order valence-corrected chi connectivity index (χ2v) is 4.02. The molecule has 0 bridgehead atoms. The summed E-state index contributed by atoms with van der Waals surface area (Å²) < 4.78 is 5.07. The average molecular weight is 244 g/mol. The molecule has 0 saturated carbocycles. The number of nitrogens with two attached hydrogens (primary N) is 1. The van der Waals surface area contributed by atoms with Crippen molar-refractivity contribution in [3.63, 3.8) is 0 Å². The van der Waals surface area contributed by atoms with Gasteiger partial charge in [0.05, 0.1) is 19.3 Å². The normalized spacial score (nSPS) is 13.9. The largest absolute Gasteiger partial charge is 0.497 e. The summed E-state index contributed by atoms with van der Waals surface area (Å²) in [6, 6.07) is 10.4. The lowest BCUT2D eigenvalue weighted by Crippen LogP contribution is -2.19. The molecule has 1 aromatic carbocycles. The van der Waals surface area contributed by atoms with Gasteiger partial charge in [-0.15, -0.1) is 0 Å². The molecule has 4 nitrogen and oxygen atoms in total. The molecule has 2 aromatic rings. The van der Waals surface area contributed by atoms with Gasteiger partial charge in [-0.05, 0) is 35.4 Å². The third-order valence-corrected chi connectivity index (χ3v) is 2.89. The van der Waals surface area contributed by atoms with Gasteiger partial charge in [0.15, 0.2) is 0 Å². The number of aliphatic hydroxyl groups is 1. The van der Waals surface area contributed by atoms with Gasteiger partial charge < -0.3 is 15.6 Å². The van der Waals surface area contributed by atoms with E-state index in [1.807, 2.05) is 12.1 Å². The van der Waals surface area contributed by atoms with Crippen LogP contribution in [0.5, 0.6) is 5.75 Å². The van der Waals surface area contributed by atoms with Crippen LogP contribution in [0, 0.1) is 0 Å². The van der Waals surface area contributed by atoms with Crippen LogP contribution in [0.1, 0.15) is 23.3 Å². The van der Waals surface area contributed by atoms with E-state index in [-0.39, 0.29) is 0 Å². The Morgan fingerprint density at radius 1 is 1.06 bits per heavy atom. The van der Waals surface area contributed by atoms with E-state index < -0.39 is 12.1 Å². The number of hydrogen-bond acceptors (Lipinski definition) is 4. The van der Waals surface area contributed by atoms with Gasteiger partial charge in [-0.25, -0.2) is 0 Å². The van der Waals surface area contributed by atoms with Crippen LogP contribution in [-0.2, 0) is 0 Å². The van der Waals surface area contributed by atoms with E-state index in [2.05, 4.69) is 4.98 Å². The van der Waals surface area contributed by atoms with Crippen molar-refractivity contribution < 1.29 is 9.84 Å². The Bertz CT molecular complexity index is 485. The minimum absolute atomic E-state index is 0.471. The fraction of sp³-hybridized carbons (Fsp3) is 0.214. The Morgan fingerprint density at radius 2 is 1.67 bits per heavy atom. The van der Waals surface area contributed by atoms with Gasteiger partial charge in [0.25, 0.3) is 0 Å². The highest BCUT2D eigenvalue weighted by Gasteiger charge is 2.18. The Kier molecular flexibility index (Phi) is 3.92. The highest BCUT2D eigenvalue weighted by Crippen LogP contribution is 2.27. The molecule has 0 radical (unpaired) electrons. The number of ether oxygens (including phenoxy) is 1. The zero-order valence-corrected chi connectivity index (χ0v) is 10.2. The summed E-state index contributed by atoms with van der Waals surface area (Å²) in [5.41, 5.74) is 7.65. The number of aromatic nitrogens is 1. The van der Waals surface area contributed by atoms with Crippen LogP contribution in [0.25, 0.3) is 0 Å². The maximum Gasteiger partial charge on any atom is 0.118 e. The Labute approximate surface area is 106 Å². The second kappa shape index (κ2) is 5.62. The quantitative estimate of drug-likeness (QED) is 0.860. The predicted octanol–water partition coefficient (Wildman–Crippen LogP) is 1.82. The number of rotatable bonds is 4. The third kappa shape index (κ3) is 2.67. The van der Waals surface area contributed by atoms with Crippen LogP contribution >= 0.6 is 0 Å². The topological polar surface area (TPSA) is 68.4 Å². The Morgan fingerprint density at radius 3 is 2.22 bits per heavy atom. The third-order valence-electron chi connectivity index (χ3n) is 2.89. The monoisotopic (exact) mass is 244 g/mol. The Hall–Kier alpha value is -1.91. The van der Waals surface area contributed by atoms with Crippen molar-refractivity contribution in [1.82, 2.24) is 4.98 Å². The molecule has 0 amide bonds. The van der Waals surface area contributed by atoms with E-state index in [1.54, 1.807) is 43.8 Å². The summed E-state index contributed by atoms with van der Waals surface area (Å²) in [6.45, 7) is 0. The standard InChI is InChI=1S/C14H16N2O2/c1-18-12-4-2-11(3-5-12)14(17)13(15)10-6-8-16-9-7-10/h2-9,13-14,17H,15H2,1H3. The minimum Gasteiger partial charge on any atom is -0.497 e. The first-order chi connectivity index (χ1) is 8.72. The molecule has 0 fully saturated rings. The maximum atomic E-state index is 10.2. The minimum atomic E-state index is -0.752. The lowest BCUT2D eigenvalue weighted by atomic mass is 9.97. The molecule has 0 aliphatic carbocycles. The van der Waals surface area contributed by atoms with Crippen LogP contribution < -0.4 is 10.5 Å². The summed E-state index contributed by atoms with van der Waals surface area (Å²) in [5, 5.41) is 10.2. The van der Waals surface area contributed by atoms with Gasteiger partial charge >= 0.3 is 0 Å². The van der Waals surface area contributed by atoms with Crippen molar-refractivity contribution in [3.8, 4) is 5.75 Å². The second-order valence-electron chi connectivity index (χ2n) is 4.02. The van der Waals surface area contributed by atoms with Gasteiger partial charge in [-0.2, -0.15) is 0 Å². The summed E-state index contributed by atoms with van der Waals surface area (Å²) in [7, 11) is 1.61. The molecular formula is C14H16N2O2. The van der Waals surface area contributed by atoms with Gasteiger partial charge in [-0.3, -0.25) is 4.98 Å². The molecule has 94 valence electrons. The van der Waals surface area contributed by atoms with E-state index in [4.69, 9.17) is 10.5 Å². The molecule has 0 saturated heterocycles. The number of pyridine rings is 1. The molecule has 2 rings (SSSR count). The lowest BCUT2D eigenvalue weighted by molar-refractivity contribution is 0.147. The smallest absolute Gasteiger partial charge is 0.118 e. The first-order valence-corrected chi connectivity index (χ1v) is 5.70. The van der Waals surface area contributed by atoms with Crippen molar-refractivity contribution in [2.24, 2.45) is 5.73 Å².